The average molecular weight is 440 g/mol. The molecule has 0 unspecified atom stereocenters. The fourth-order valence-corrected chi connectivity index (χ4v) is 2.69. The number of hydrogen-bond donors (Lipinski definition) is 2. The third-order valence-corrected chi connectivity index (χ3v) is 4.07. The van der Waals surface area contributed by atoms with Crippen LogP contribution in [0.25, 0.3) is 17.3 Å². The van der Waals surface area contributed by atoms with Gasteiger partial charge in [0.05, 0.1) is 16.8 Å². The number of rotatable bonds is 6. The number of allylic oxidation sites excluding steroid dienone is 1. The van der Waals surface area contributed by atoms with Crippen LogP contribution >= 0.6 is 15.9 Å². The van der Waals surface area contributed by atoms with Gasteiger partial charge in [0.25, 0.3) is 11.6 Å². The summed E-state index contributed by atoms with van der Waals surface area (Å²) < 4.78 is 0.681. The predicted octanol–water partition coefficient (Wildman–Crippen LogP) is 4.14. The highest BCUT2D eigenvalue weighted by Crippen LogP contribution is 2.22. The molecular weight excluding hydrogens is 426 g/mol. The first kappa shape index (κ1) is 19.2. The number of H-pyrrole nitrogens is 1. The van der Waals surface area contributed by atoms with Crippen LogP contribution in [0.5, 0.6) is 0 Å². The summed E-state index contributed by atoms with van der Waals surface area (Å²) in [6, 6.07) is 17.1. The van der Waals surface area contributed by atoms with Crippen LogP contribution < -0.4 is 5.43 Å². The molecule has 9 heteroatoms. The minimum atomic E-state index is -0.487. The molecule has 0 aliphatic heterocycles. The smallest absolute Gasteiger partial charge is 0.272 e. The first-order chi connectivity index (χ1) is 13.5. The lowest BCUT2D eigenvalue weighted by atomic mass is 10.1. The van der Waals surface area contributed by atoms with Crippen LogP contribution in [0, 0.1) is 10.1 Å². The number of benzene rings is 2. The summed E-state index contributed by atoms with van der Waals surface area (Å²) in [6.07, 6.45) is 3.31. The van der Waals surface area contributed by atoms with Crippen molar-refractivity contribution in [3.63, 3.8) is 0 Å². The number of aromatic nitrogens is 2. The molecule has 8 nitrogen and oxygen atoms in total. The van der Waals surface area contributed by atoms with Gasteiger partial charge >= 0.3 is 0 Å². The van der Waals surface area contributed by atoms with Crippen LogP contribution in [0.1, 0.15) is 16.1 Å². The minimum absolute atomic E-state index is 0.0499. The Bertz CT molecular complexity index is 1060. The SMILES string of the molecule is O=C(N/N=C/C(Br)=C/c1ccccc1)c1cc(-c2cccc([N+](=O)[O-])c2)n[nH]1. The lowest BCUT2D eigenvalue weighted by Gasteiger charge is -1.96. The molecule has 1 aromatic heterocycles. The third kappa shape index (κ3) is 4.98. The zero-order chi connectivity index (χ0) is 19.9. The number of halogens is 1. The van der Waals surface area contributed by atoms with Gasteiger partial charge in [-0.25, -0.2) is 5.43 Å². The summed E-state index contributed by atoms with van der Waals surface area (Å²) in [5, 5.41) is 21.4. The van der Waals surface area contributed by atoms with E-state index in [0.717, 1.165) is 5.56 Å². The summed E-state index contributed by atoms with van der Waals surface area (Å²) in [6.45, 7) is 0. The number of hydrazone groups is 1. The fourth-order valence-electron chi connectivity index (χ4n) is 2.32. The van der Waals surface area contributed by atoms with Gasteiger partial charge in [0.2, 0.25) is 0 Å². The predicted molar refractivity (Wildman–Crippen MR) is 110 cm³/mol. The molecule has 0 aliphatic rings. The van der Waals surface area contributed by atoms with E-state index >= 15 is 0 Å². The molecule has 1 heterocycles. The molecule has 3 rings (SSSR count). The Morgan fingerprint density at radius 2 is 1.96 bits per heavy atom. The first-order valence-corrected chi connectivity index (χ1v) is 8.88. The van der Waals surface area contributed by atoms with Crippen LogP contribution in [0.4, 0.5) is 5.69 Å². The topological polar surface area (TPSA) is 113 Å². The van der Waals surface area contributed by atoms with Gasteiger partial charge in [-0.2, -0.15) is 10.2 Å². The fraction of sp³-hybridized carbons (Fsp3) is 0. The van der Waals surface area contributed by atoms with Gasteiger partial charge in [-0.05, 0) is 33.6 Å². The van der Waals surface area contributed by atoms with Crippen LogP contribution in [0.15, 0.2) is 70.2 Å². The van der Waals surface area contributed by atoms with Crippen molar-refractivity contribution in [2.45, 2.75) is 0 Å². The molecule has 140 valence electrons. The van der Waals surface area contributed by atoms with Gasteiger partial charge in [0.15, 0.2) is 0 Å². The Labute approximate surface area is 168 Å². The van der Waals surface area contributed by atoms with Gasteiger partial charge in [0.1, 0.15) is 5.69 Å². The Kier molecular flexibility index (Phi) is 6.07. The summed E-state index contributed by atoms with van der Waals surface area (Å²) in [5.41, 5.74) is 4.46. The van der Waals surface area contributed by atoms with Crippen LogP contribution in [0.3, 0.4) is 0 Å². The van der Waals surface area contributed by atoms with E-state index < -0.39 is 10.8 Å². The second-order valence-electron chi connectivity index (χ2n) is 5.61. The van der Waals surface area contributed by atoms with Crippen molar-refractivity contribution >= 4 is 39.8 Å². The molecule has 0 spiro atoms. The van der Waals surface area contributed by atoms with Crippen LogP contribution in [-0.4, -0.2) is 27.2 Å². The van der Waals surface area contributed by atoms with E-state index in [1.165, 1.54) is 24.4 Å². The van der Waals surface area contributed by atoms with E-state index in [9.17, 15) is 14.9 Å². The number of aromatic amines is 1. The summed E-state index contributed by atoms with van der Waals surface area (Å²) >= 11 is 3.36. The van der Waals surface area contributed by atoms with Crippen molar-refractivity contribution < 1.29 is 9.72 Å². The molecule has 0 fully saturated rings. The van der Waals surface area contributed by atoms with Crippen molar-refractivity contribution in [3.05, 3.63) is 86.5 Å². The first-order valence-electron chi connectivity index (χ1n) is 8.09. The van der Waals surface area contributed by atoms with Crippen molar-refractivity contribution in [2.24, 2.45) is 5.10 Å². The van der Waals surface area contributed by atoms with Gasteiger partial charge in [-0.3, -0.25) is 20.0 Å². The standard InChI is InChI=1S/C19H14BrN5O3/c20-15(9-13-5-2-1-3-6-13)12-21-24-19(26)18-11-17(22-23-18)14-7-4-8-16(10-14)25(27)28/h1-12H,(H,22,23)(H,24,26)/b15-9-,21-12+. The van der Waals surface area contributed by atoms with Crippen LogP contribution in [-0.2, 0) is 0 Å². The number of non-ortho nitro benzene ring substituents is 1. The highest BCUT2D eigenvalue weighted by molar-refractivity contribution is 9.12. The number of carbonyl (C=O) groups excluding carboxylic acids is 1. The molecule has 2 N–H and O–H groups in total. The monoisotopic (exact) mass is 439 g/mol. The molecular formula is C19H14BrN5O3. The molecule has 0 bridgehead atoms. The number of nitrogens with one attached hydrogen (secondary N) is 2. The van der Waals surface area contributed by atoms with Gasteiger partial charge in [0, 0.05) is 22.2 Å². The van der Waals surface area contributed by atoms with E-state index in [1.54, 1.807) is 12.1 Å². The summed E-state index contributed by atoms with van der Waals surface area (Å²) in [4.78, 5) is 22.6. The maximum absolute atomic E-state index is 12.2. The molecule has 0 saturated carbocycles. The number of carbonyl (C=O) groups is 1. The Balaban J connectivity index is 1.65. The third-order valence-electron chi connectivity index (χ3n) is 3.63. The molecule has 0 aliphatic carbocycles. The molecule has 0 radical (unpaired) electrons. The quantitative estimate of drug-likeness (QED) is 0.341. The number of nitro benzene ring substituents is 1. The number of nitrogens with zero attached hydrogens (tertiary/aromatic N) is 3. The van der Waals surface area contributed by atoms with E-state index in [4.69, 9.17) is 0 Å². The maximum atomic E-state index is 12.2. The average Bonchev–Trinajstić information content (AvgIpc) is 3.19. The lowest BCUT2D eigenvalue weighted by molar-refractivity contribution is -0.384. The normalized spacial score (nSPS) is 11.5. The summed E-state index contributed by atoms with van der Waals surface area (Å²) in [7, 11) is 0. The number of nitro groups is 1. The van der Waals surface area contributed by atoms with E-state index in [1.807, 2.05) is 36.4 Å². The van der Waals surface area contributed by atoms with E-state index in [-0.39, 0.29) is 11.4 Å². The van der Waals surface area contributed by atoms with Gasteiger partial charge in [-0.15, -0.1) is 0 Å². The molecule has 3 aromatic rings. The molecule has 0 saturated heterocycles. The van der Waals surface area contributed by atoms with Crippen molar-refractivity contribution in [3.8, 4) is 11.3 Å². The zero-order valence-corrected chi connectivity index (χ0v) is 16.0. The number of amides is 1. The zero-order valence-electron chi connectivity index (χ0n) is 14.4. The Morgan fingerprint density at radius 3 is 2.71 bits per heavy atom. The molecule has 28 heavy (non-hydrogen) atoms. The van der Waals surface area contributed by atoms with Gasteiger partial charge < -0.3 is 0 Å². The Morgan fingerprint density at radius 1 is 1.18 bits per heavy atom. The molecule has 1 amide bonds. The molecule has 0 atom stereocenters. The minimum Gasteiger partial charge on any atom is -0.272 e. The highest BCUT2D eigenvalue weighted by Gasteiger charge is 2.13. The lowest BCUT2D eigenvalue weighted by Crippen LogP contribution is -2.17. The van der Waals surface area contributed by atoms with Crippen molar-refractivity contribution in [2.75, 3.05) is 0 Å². The second kappa shape index (κ2) is 8.87. The summed E-state index contributed by atoms with van der Waals surface area (Å²) in [5.74, 6) is -0.486. The maximum Gasteiger partial charge on any atom is 0.289 e. The Hall–Kier alpha value is -3.59. The second-order valence-corrected chi connectivity index (χ2v) is 6.53. The van der Waals surface area contributed by atoms with Crippen LogP contribution in [0.2, 0.25) is 0 Å². The largest absolute Gasteiger partial charge is 0.289 e. The molecule has 2 aromatic carbocycles. The number of hydrogen-bond acceptors (Lipinski definition) is 5. The van der Waals surface area contributed by atoms with E-state index in [0.29, 0.717) is 15.7 Å². The van der Waals surface area contributed by atoms with Gasteiger partial charge in [-0.1, -0.05) is 42.5 Å². The van der Waals surface area contributed by atoms with E-state index in [2.05, 4.69) is 36.7 Å². The van der Waals surface area contributed by atoms with Crippen molar-refractivity contribution in [1.82, 2.24) is 15.6 Å². The highest BCUT2D eigenvalue weighted by atomic mass is 79.9. The van der Waals surface area contributed by atoms with Crippen molar-refractivity contribution in [1.29, 1.82) is 0 Å².